The summed E-state index contributed by atoms with van der Waals surface area (Å²) in [6, 6.07) is 4.77. The minimum absolute atomic E-state index is 0.0193. The molecule has 1 heterocycles. The highest BCUT2D eigenvalue weighted by Crippen LogP contribution is 2.39. The lowest BCUT2D eigenvalue weighted by molar-refractivity contribution is -0.137. The van der Waals surface area contributed by atoms with Crippen LogP contribution in [0.15, 0.2) is 24.3 Å². The predicted molar refractivity (Wildman–Crippen MR) is 127 cm³/mol. The molecular formula is C26H38F3N3O3. The zero-order chi connectivity index (χ0) is 26.0. The second kappa shape index (κ2) is 10.8. The summed E-state index contributed by atoms with van der Waals surface area (Å²) in [4.78, 5) is 27.6. The van der Waals surface area contributed by atoms with Crippen LogP contribution in [0.3, 0.4) is 0 Å². The molecule has 3 unspecified atom stereocenters. The fourth-order valence-electron chi connectivity index (χ4n) is 5.21. The van der Waals surface area contributed by atoms with Gasteiger partial charge in [-0.1, -0.05) is 32.0 Å². The fourth-order valence-corrected chi connectivity index (χ4v) is 5.21. The lowest BCUT2D eigenvalue weighted by Crippen LogP contribution is -2.52. The van der Waals surface area contributed by atoms with Crippen LogP contribution < -0.4 is 10.6 Å². The molecule has 0 bridgehead atoms. The van der Waals surface area contributed by atoms with E-state index >= 15 is 0 Å². The number of benzene rings is 1. The van der Waals surface area contributed by atoms with Crippen molar-refractivity contribution in [2.45, 2.75) is 84.3 Å². The number of alkyl halides is 3. The zero-order valence-electron chi connectivity index (χ0n) is 21.2. The maximum Gasteiger partial charge on any atom is 0.416 e. The highest BCUT2D eigenvalue weighted by atomic mass is 19.4. The molecule has 35 heavy (non-hydrogen) atoms. The van der Waals surface area contributed by atoms with Crippen LogP contribution in [0.2, 0.25) is 0 Å². The van der Waals surface area contributed by atoms with Crippen LogP contribution in [0.25, 0.3) is 0 Å². The van der Waals surface area contributed by atoms with E-state index in [1.807, 2.05) is 13.8 Å². The van der Waals surface area contributed by atoms with Crippen LogP contribution in [0.4, 0.5) is 18.0 Å². The highest BCUT2D eigenvalue weighted by Gasteiger charge is 2.43. The Hall–Kier alpha value is -2.29. The lowest BCUT2D eigenvalue weighted by atomic mass is 9.97. The molecule has 0 radical (unpaired) electrons. The van der Waals surface area contributed by atoms with Gasteiger partial charge < -0.3 is 15.4 Å². The molecule has 1 aliphatic heterocycles. The molecule has 1 saturated heterocycles. The van der Waals surface area contributed by atoms with E-state index in [0.29, 0.717) is 24.4 Å². The maximum absolute atomic E-state index is 13.1. The van der Waals surface area contributed by atoms with E-state index in [1.165, 1.54) is 12.1 Å². The summed E-state index contributed by atoms with van der Waals surface area (Å²) in [5.74, 6) is 0.623. The van der Waals surface area contributed by atoms with Crippen molar-refractivity contribution in [3.8, 4) is 0 Å². The lowest BCUT2D eigenvalue weighted by Gasteiger charge is -2.27. The van der Waals surface area contributed by atoms with Gasteiger partial charge in [-0.15, -0.1) is 0 Å². The summed E-state index contributed by atoms with van der Waals surface area (Å²) in [5, 5.41) is 5.87. The number of amides is 2. The first-order valence-electron chi connectivity index (χ1n) is 12.4. The van der Waals surface area contributed by atoms with Crippen LogP contribution in [-0.4, -0.2) is 47.7 Å². The number of fused-ring (bicyclic) bond motifs is 1. The minimum atomic E-state index is -4.35. The van der Waals surface area contributed by atoms with E-state index in [9.17, 15) is 22.8 Å². The molecule has 0 aromatic heterocycles. The SMILES string of the molecule is CC(C)CC(NC(=O)OC(C)(C)C)C(=O)NC1CC[C@H]2CN(Cc3cccc(C(F)(F)F)c3)CC12. The number of carbonyl (C=O) groups is 2. The molecule has 4 atom stereocenters. The summed E-state index contributed by atoms with van der Waals surface area (Å²) in [6.45, 7) is 11.3. The van der Waals surface area contributed by atoms with Crippen LogP contribution in [-0.2, 0) is 22.3 Å². The second-order valence-electron chi connectivity index (χ2n) is 11.3. The first-order chi connectivity index (χ1) is 16.2. The molecule has 0 spiro atoms. The largest absolute Gasteiger partial charge is 0.444 e. The number of ether oxygens (including phenoxy) is 1. The predicted octanol–water partition coefficient (Wildman–Crippen LogP) is 4.97. The van der Waals surface area contributed by atoms with Crippen LogP contribution in [0.5, 0.6) is 0 Å². The topological polar surface area (TPSA) is 70.7 Å². The summed E-state index contributed by atoms with van der Waals surface area (Å²) in [7, 11) is 0. The monoisotopic (exact) mass is 497 g/mol. The summed E-state index contributed by atoms with van der Waals surface area (Å²) in [5.41, 5.74) is -0.652. The number of likely N-dealkylation sites (tertiary alicyclic amines) is 1. The fraction of sp³-hybridized carbons (Fsp3) is 0.692. The molecule has 1 aromatic carbocycles. The van der Waals surface area contributed by atoms with E-state index in [0.717, 1.165) is 32.0 Å². The highest BCUT2D eigenvalue weighted by molar-refractivity contribution is 5.86. The van der Waals surface area contributed by atoms with Gasteiger partial charge in [0.05, 0.1) is 5.56 Å². The number of nitrogens with one attached hydrogen (secondary N) is 2. The van der Waals surface area contributed by atoms with Gasteiger partial charge in [-0.3, -0.25) is 9.69 Å². The van der Waals surface area contributed by atoms with Crippen molar-refractivity contribution >= 4 is 12.0 Å². The number of halogens is 3. The quantitative estimate of drug-likeness (QED) is 0.558. The third-order valence-electron chi connectivity index (χ3n) is 6.64. The van der Waals surface area contributed by atoms with Gasteiger partial charge in [0.15, 0.2) is 0 Å². The molecule has 1 aliphatic carbocycles. The first kappa shape index (κ1) is 27.3. The minimum Gasteiger partial charge on any atom is -0.444 e. The Morgan fingerprint density at radius 2 is 1.86 bits per heavy atom. The molecule has 3 rings (SSSR count). The second-order valence-corrected chi connectivity index (χ2v) is 11.3. The van der Waals surface area contributed by atoms with Crippen molar-refractivity contribution in [2.24, 2.45) is 17.8 Å². The summed E-state index contributed by atoms with van der Waals surface area (Å²) < 4.78 is 44.5. The van der Waals surface area contributed by atoms with Gasteiger partial charge in [-0.2, -0.15) is 13.2 Å². The first-order valence-corrected chi connectivity index (χ1v) is 12.4. The van der Waals surface area contributed by atoms with Gasteiger partial charge in [-0.25, -0.2) is 4.79 Å². The Morgan fingerprint density at radius 3 is 2.49 bits per heavy atom. The third-order valence-corrected chi connectivity index (χ3v) is 6.64. The molecule has 9 heteroatoms. The van der Waals surface area contributed by atoms with E-state index < -0.39 is 29.5 Å². The standard InChI is InChI=1S/C26H38F3N3O3/c1-16(2)11-22(31-24(34)35-25(3,4)5)23(33)30-21-10-9-18-14-32(15-20(18)21)13-17-7-6-8-19(12-17)26(27,28)29/h6-8,12,16,18,20-22H,9-11,13-15H2,1-5H3,(H,30,33)(H,31,34)/t18-,20?,21?,22?/m0/s1. The number of nitrogens with zero attached hydrogens (tertiary/aromatic N) is 1. The van der Waals surface area contributed by atoms with E-state index in [4.69, 9.17) is 4.74 Å². The number of carbonyl (C=O) groups excluding carboxylic acids is 2. The van der Waals surface area contributed by atoms with Gasteiger partial charge in [0.25, 0.3) is 0 Å². The Labute approximate surface area is 206 Å². The average Bonchev–Trinajstić information content (AvgIpc) is 3.26. The van der Waals surface area contributed by atoms with Crippen molar-refractivity contribution in [1.82, 2.24) is 15.5 Å². The van der Waals surface area contributed by atoms with Gasteiger partial charge in [0.1, 0.15) is 11.6 Å². The zero-order valence-corrected chi connectivity index (χ0v) is 21.2. The van der Waals surface area contributed by atoms with Gasteiger partial charge in [0.2, 0.25) is 5.91 Å². The van der Waals surface area contributed by atoms with E-state index in [1.54, 1.807) is 26.8 Å². The number of alkyl carbamates (subject to hydrolysis) is 1. The Balaban J connectivity index is 1.59. The molecule has 196 valence electrons. The Kier molecular flexibility index (Phi) is 8.40. The molecule has 1 aromatic rings. The van der Waals surface area contributed by atoms with Crippen LogP contribution in [0.1, 0.15) is 65.0 Å². The molecule has 2 amide bonds. The average molecular weight is 498 g/mol. The Morgan fingerprint density at radius 1 is 1.14 bits per heavy atom. The van der Waals surface area contributed by atoms with Crippen molar-refractivity contribution in [1.29, 1.82) is 0 Å². The molecule has 2 N–H and O–H groups in total. The molecular weight excluding hydrogens is 459 g/mol. The van der Waals surface area contributed by atoms with Crippen LogP contribution in [0, 0.1) is 17.8 Å². The molecule has 1 saturated carbocycles. The van der Waals surface area contributed by atoms with Crippen molar-refractivity contribution in [3.05, 3.63) is 35.4 Å². The number of rotatable bonds is 7. The summed E-state index contributed by atoms with van der Waals surface area (Å²) >= 11 is 0. The smallest absolute Gasteiger partial charge is 0.416 e. The maximum atomic E-state index is 13.1. The Bertz CT molecular complexity index is 898. The number of hydrogen-bond acceptors (Lipinski definition) is 4. The van der Waals surface area contributed by atoms with Crippen molar-refractivity contribution in [3.63, 3.8) is 0 Å². The van der Waals surface area contributed by atoms with Crippen molar-refractivity contribution in [2.75, 3.05) is 13.1 Å². The van der Waals surface area contributed by atoms with Crippen molar-refractivity contribution < 1.29 is 27.5 Å². The van der Waals surface area contributed by atoms with Gasteiger partial charge in [0, 0.05) is 25.7 Å². The van der Waals surface area contributed by atoms with Crippen LogP contribution >= 0.6 is 0 Å². The molecule has 2 aliphatic rings. The number of hydrogen-bond donors (Lipinski definition) is 2. The molecule has 6 nitrogen and oxygen atoms in total. The van der Waals surface area contributed by atoms with Gasteiger partial charge in [-0.05, 0) is 69.4 Å². The normalized spacial score (nSPS) is 23.7. The molecule has 2 fully saturated rings. The third kappa shape index (κ3) is 7.85. The summed E-state index contributed by atoms with van der Waals surface area (Å²) in [6.07, 6.45) is -2.65. The van der Waals surface area contributed by atoms with E-state index in [2.05, 4.69) is 15.5 Å². The van der Waals surface area contributed by atoms with Gasteiger partial charge >= 0.3 is 12.3 Å². The van der Waals surface area contributed by atoms with E-state index in [-0.39, 0.29) is 23.8 Å².